The van der Waals surface area contributed by atoms with E-state index in [1.807, 2.05) is 45.9 Å². The van der Waals surface area contributed by atoms with Gasteiger partial charge in [0, 0.05) is 67.5 Å². The first kappa shape index (κ1) is 42.5. The SMILES string of the molecule is CC/N=C(/NCC)NCCCCC(N)C(=O)N1CCN(C(=O)C2(NS(=O)(=O)c3ccc(Cl)c(COc4cccc5c(C)cc(C)nc45)c3Cl)CCCC2)CC1. The maximum absolute atomic E-state index is 14.2. The minimum Gasteiger partial charge on any atom is -0.487 e. The van der Waals surface area contributed by atoms with Crippen LogP contribution in [-0.4, -0.2) is 98.4 Å². The van der Waals surface area contributed by atoms with Crippen molar-refractivity contribution in [3.63, 3.8) is 0 Å². The molecule has 0 radical (unpaired) electrons. The van der Waals surface area contributed by atoms with Crippen LogP contribution in [0.3, 0.4) is 0 Å². The molecule has 0 spiro atoms. The number of unbranched alkanes of at least 4 members (excludes halogenated alkanes) is 1. The minimum absolute atomic E-state index is 0.0792. The number of ether oxygens (including phenoxy) is 1. The highest BCUT2D eigenvalue weighted by Crippen LogP contribution is 2.37. The molecule has 300 valence electrons. The normalized spacial score (nSPS) is 16.7. The molecule has 5 N–H and O–H groups in total. The number of carbonyl (C=O) groups is 2. The molecule has 1 saturated heterocycles. The molecule has 0 bridgehead atoms. The quantitative estimate of drug-likeness (QED) is 0.0929. The Morgan fingerprint density at radius 1 is 1.02 bits per heavy atom. The monoisotopic (exact) mass is 816 g/mol. The number of carbonyl (C=O) groups excluding carboxylic acids is 2. The number of aromatic nitrogens is 1. The van der Waals surface area contributed by atoms with Crippen LogP contribution in [0.1, 0.15) is 75.6 Å². The summed E-state index contributed by atoms with van der Waals surface area (Å²) < 4.78 is 37.1. The van der Waals surface area contributed by atoms with E-state index < -0.39 is 21.6 Å². The van der Waals surface area contributed by atoms with E-state index in [1.165, 1.54) is 12.1 Å². The highest BCUT2D eigenvalue weighted by Gasteiger charge is 2.47. The number of halogens is 2. The fraction of sp³-hybridized carbons (Fsp3) is 0.538. The number of piperazine rings is 1. The number of aryl methyl sites for hydroxylation is 2. The number of fused-ring (bicyclic) bond motifs is 1. The molecule has 1 aromatic heterocycles. The van der Waals surface area contributed by atoms with Gasteiger partial charge in [-0.1, -0.05) is 48.2 Å². The zero-order valence-electron chi connectivity index (χ0n) is 32.2. The molecule has 3 aromatic rings. The van der Waals surface area contributed by atoms with Crippen molar-refractivity contribution < 1.29 is 22.7 Å². The predicted octanol–water partition coefficient (Wildman–Crippen LogP) is 5.07. The Morgan fingerprint density at radius 2 is 1.73 bits per heavy atom. The molecule has 16 heteroatoms. The van der Waals surface area contributed by atoms with Gasteiger partial charge in [0.1, 0.15) is 28.3 Å². The van der Waals surface area contributed by atoms with Gasteiger partial charge in [-0.3, -0.25) is 14.6 Å². The largest absolute Gasteiger partial charge is 0.487 e. The van der Waals surface area contributed by atoms with Crippen LogP contribution in [-0.2, 0) is 26.2 Å². The lowest BCUT2D eigenvalue weighted by atomic mass is 9.96. The summed E-state index contributed by atoms with van der Waals surface area (Å²) in [7, 11) is -4.30. The Labute approximate surface area is 334 Å². The average Bonchev–Trinajstić information content (AvgIpc) is 3.63. The lowest BCUT2D eigenvalue weighted by Gasteiger charge is -2.40. The third kappa shape index (κ3) is 10.2. The Morgan fingerprint density at radius 3 is 2.42 bits per heavy atom. The number of para-hydroxylation sites is 1. The van der Waals surface area contributed by atoms with Crippen molar-refractivity contribution in [1.29, 1.82) is 0 Å². The lowest BCUT2D eigenvalue weighted by Crippen LogP contribution is -2.62. The molecule has 2 aromatic carbocycles. The van der Waals surface area contributed by atoms with Gasteiger partial charge in [-0.15, -0.1) is 0 Å². The minimum atomic E-state index is -4.30. The zero-order valence-corrected chi connectivity index (χ0v) is 34.5. The number of benzene rings is 2. The summed E-state index contributed by atoms with van der Waals surface area (Å²) in [5.74, 6) is 0.845. The summed E-state index contributed by atoms with van der Waals surface area (Å²) in [4.78, 5) is 39.6. The van der Waals surface area contributed by atoms with Gasteiger partial charge in [-0.05, 0) is 89.6 Å². The Kier molecular flexibility index (Phi) is 14.6. The second-order valence-electron chi connectivity index (χ2n) is 14.3. The number of aliphatic imine (C=N–C) groups is 1. The number of hydrogen-bond donors (Lipinski definition) is 4. The van der Waals surface area contributed by atoms with Gasteiger partial charge in [0.15, 0.2) is 5.96 Å². The van der Waals surface area contributed by atoms with Crippen molar-refractivity contribution >= 4 is 61.9 Å². The van der Waals surface area contributed by atoms with E-state index in [-0.39, 0.29) is 46.5 Å². The summed E-state index contributed by atoms with van der Waals surface area (Å²) in [5, 5.41) is 7.58. The smallest absolute Gasteiger partial charge is 0.243 e. The number of amides is 2. The molecule has 5 rings (SSSR count). The highest BCUT2D eigenvalue weighted by molar-refractivity contribution is 7.89. The van der Waals surface area contributed by atoms with Crippen molar-refractivity contribution in [2.75, 3.05) is 45.8 Å². The van der Waals surface area contributed by atoms with Gasteiger partial charge in [0.05, 0.1) is 11.1 Å². The molecular formula is C39H54Cl2N8O5S. The number of nitrogens with two attached hydrogens (primary N) is 1. The van der Waals surface area contributed by atoms with Gasteiger partial charge < -0.3 is 30.9 Å². The van der Waals surface area contributed by atoms with Crippen molar-refractivity contribution in [3.05, 3.63) is 63.3 Å². The summed E-state index contributed by atoms with van der Waals surface area (Å²) in [6.07, 6.45) is 4.23. The molecule has 2 amide bonds. The van der Waals surface area contributed by atoms with Gasteiger partial charge in [-0.25, -0.2) is 13.4 Å². The van der Waals surface area contributed by atoms with E-state index in [0.29, 0.717) is 68.6 Å². The van der Waals surface area contributed by atoms with Crippen molar-refractivity contribution in [2.24, 2.45) is 10.7 Å². The molecule has 2 aliphatic rings. The van der Waals surface area contributed by atoms with Crippen LogP contribution < -0.4 is 25.8 Å². The number of hydrogen-bond acceptors (Lipinski definition) is 8. The van der Waals surface area contributed by atoms with E-state index in [2.05, 4.69) is 25.3 Å². The van der Waals surface area contributed by atoms with Gasteiger partial charge in [0.25, 0.3) is 0 Å². The number of nitrogens with one attached hydrogen (secondary N) is 3. The van der Waals surface area contributed by atoms with Gasteiger partial charge >= 0.3 is 0 Å². The van der Waals surface area contributed by atoms with Crippen molar-refractivity contribution in [3.8, 4) is 5.75 Å². The Hall–Kier alpha value is -3.69. The molecule has 1 atom stereocenters. The average molecular weight is 818 g/mol. The summed E-state index contributed by atoms with van der Waals surface area (Å²) in [6.45, 7) is 11.2. The lowest BCUT2D eigenvalue weighted by molar-refractivity contribution is -0.144. The van der Waals surface area contributed by atoms with Gasteiger partial charge in [0.2, 0.25) is 21.8 Å². The van der Waals surface area contributed by atoms with Crippen LogP contribution in [0, 0.1) is 13.8 Å². The first-order valence-electron chi connectivity index (χ1n) is 19.2. The molecule has 55 heavy (non-hydrogen) atoms. The van der Waals surface area contributed by atoms with Crippen molar-refractivity contribution in [2.45, 2.75) is 95.7 Å². The first-order valence-corrected chi connectivity index (χ1v) is 21.4. The zero-order chi connectivity index (χ0) is 39.8. The maximum Gasteiger partial charge on any atom is 0.243 e. The number of guanidine groups is 1. The summed E-state index contributed by atoms with van der Waals surface area (Å²) >= 11 is 13.4. The van der Waals surface area contributed by atoms with Crippen LogP contribution in [0.4, 0.5) is 0 Å². The fourth-order valence-electron chi connectivity index (χ4n) is 7.37. The van der Waals surface area contributed by atoms with Crippen LogP contribution >= 0.6 is 23.2 Å². The molecule has 1 unspecified atom stereocenters. The summed E-state index contributed by atoms with van der Waals surface area (Å²) in [6, 6.07) is 9.81. The Bertz CT molecular complexity index is 1980. The van der Waals surface area contributed by atoms with Crippen LogP contribution in [0.2, 0.25) is 10.0 Å². The highest BCUT2D eigenvalue weighted by atomic mass is 35.5. The molecule has 13 nitrogen and oxygen atoms in total. The van der Waals surface area contributed by atoms with E-state index in [1.54, 1.807) is 15.9 Å². The molecular weight excluding hydrogens is 763 g/mol. The molecule has 2 fully saturated rings. The molecule has 1 aliphatic carbocycles. The van der Waals surface area contributed by atoms with E-state index >= 15 is 0 Å². The second kappa shape index (κ2) is 19.0. The van der Waals surface area contributed by atoms with Crippen LogP contribution in [0.15, 0.2) is 46.3 Å². The second-order valence-corrected chi connectivity index (χ2v) is 16.7. The first-order chi connectivity index (χ1) is 26.3. The number of pyridine rings is 1. The van der Waals surface area contributed by atoms with Crippen molar-refractivity contribution in [1.82, 2.24) is 30.1 Å². The number of sulfonamides is 1. The third-order valence-electron chi connectivity index (χ3n) is 10.2. The topological polar surface area (TPSA) is 171 Å². The molecule has 1 aliphatic heterocycles. The standard InChI is InChI=1S/C39H54Cl2N8O5S/c1-5-43-38(44-6-2)45-19-10-7-13-31(42)36(50)48-20-22-49(23-21-48)37(51)39(17-8-9-18-39)47-55(52,53)33-16-15-30(40)29(34(33)41)25-54-32-14-11-12-28-26(3)24-27(4)46-35(28)32/h11-12,14-16,24,31,47H,5-10,13,17-23,25,42H2,1-4H3,(H2,43,44,45). The predicted molar refractivity (Wildman–Crippen MR) is 218 cm³/mol. The van der Waals surface area contributed by atoms with E-state index in [4.69, 9.17) is 33.7 Å². The van der Waals surface area contributed by atoms with Gasteiger partial charge in [-0.2, -0.15) is 4.72 Å². The van der Waals surface area contributed by atoms with Crippen LogP contribution in [0.5, 0.6) is 5.75 Å². The van der Waals surface area contributed by atoms with Crippen LogP contribution in [0.25, 0.3) is 10.9 Å². The van der Waals surface area contributed by atoms with E-state index in [0.717, 1.165) is 48.5 Å². The third-order valence-corrected chi connectivity index (χ3v) is 12.7. The maximum atomic E-state index is 14.2. The molecule has 2 heterocycles. The summed E-state index contributed by atoms with van der Waals surface area (Å²) in [5.41, 5.74) is 7.85. The number of nitrogens with zero attached hydrogens (tertiary/aromatic N) is 4. The fourth-order valence-corrected chi connectivity index (χ4v) is 9.68. The van der Waals surface area contributed by atoms with E-state index in [9.17, 15) is 18.0 Å². The molecule has 1 saturated carbocycles. The Balaban J connectivity index is 1.20. The number of rotatable bonds is 15.